The molecule has 15 heavy (non-hydrogen) atoms. The lowest BCUT2D eigenvalue weighted by Gasteiger charge is -1.93. The molecule has 1 aromatic rings. The quantitative estimate of drug-likeness (QED) is 0.414. The van der Waals surface area contributed by atoms with E-state index in [1.165, 1.54) is 6.20 Å². The number of nitrogens with zero attached hydrogens (tertiary/aromatic N) is 3. The molecule has 0 unspecified atom stereocenters. The molecule has 8 heteroatoms. The molecule has 0 bridgehead atoms. The van der Waals surface area contributed by atoms with Crippen LogP contribution in [0.1, 0.15) is 10.4 Å². The Kier molecular flexibility index (Phi) is 3.34. The van der Waals surface area contributed by atoms with Gasteiger partial charge in [0, 0.05) is 0 Å². The molecule has 0 fully saturated rings. The number of aliphatic hydroxyl groups excluding tert-OH is 1. The van der Waals surface area contributed by atoms with E-state index in [1.807, 2.05) is 0 Å². The van der Waals surface area contributed by atoms with Gasteiger partial charge in [0.2, 0.25) is 0 Å². The van der Waals surface area contributed by atoms with Crippen LogP contribution >= 0.6 is 0 Å². The van der Waals surface area contributed by atoms with Gasteiger partial charge in [-0.05, 0) is 4.92 Å². The summed E-state index contributed by atoms with van der Waals surface area (Å²) in [6.45, 7) is -0.142. The zero-order valence-corrected chi connectivity index (χ0v) is 7.91. The topological polar surface area (TPSA) is 107 Å². The summed E-state index contributed by atoms with van der Waals surface area (Å²) in [5.41, 5.74) is -0.226. The average Bonchev–Trinajstić information content (AvgIpc) is 2.61. The Morgan fingerprint density at radius 3 is 2.93 bits per heavy atom. The van der Waals surface area contributed by atoms with Gasteiger partial charge >= 0.3 is 11.8 Å². The molecule has 0 radical (unpaired) electrons. The molecule has 0 spiro atoms. The maximum absolute atomic E-state index is 11.1. The predicted octanol–water partition coefficient (Wildman–Crippen LogP) is -0.430. The van der Waals surface area contributed by atoms with E-state index in [-0.39, 0.29) is 18.7 Å². The molecule has 0 saturated carbocycles. The van der Waals surface area contributed by atoms with Gasteiger partial charge < -0.3 is 20.0 Å². The van der Waals surface area contributed by atoms with Crippen molar-refractivity contribution < 1.29 is 19.6 Å². The number of rotatable bonds is 4. The summed E-state index contributed by atoms with van der Waals surface area (Å²) in [6, 6.07) is 0. The summed E-state index contributed by atoms with van der Waals surface area (Å²) in [5, 5.41) is 22.7. The van der Waals surface area contributed by atoms with Crippen molar-refractivity contribution >= 4 is 11.8 Å². The third kappa shape index (κ3) is 2.29. The SMILES string of the molecule is COC(=O)c1cn(CCO)nc1[N+](=O)[O-]. The van der Waals surface area contributed by atoms with E-state index in [4.69, 9.17) is 5.11 Å². The van der Waals surface area contributed by atoms with Crippen LogP contribution in [-0.2, 0) is 11.3 Å². The molecule has 0 aromatic carbocycles. The van der Waals surface area contributed by atoms with Gasteiger partial charge in [0.25, 0.3) is 0 Å². The van der Waals surface area contributed by atoms with Gasteiger partial charge in [0.1, 0.15) is 0 Å². The minimum atomic E-state index is -0.828. The Hall–Kier alpha value is -1.96. The summed E-state index contributed by atoms with van der Waals surface area (Å²) in [7, 11) is 1.12. The fraction of sp³-hybridized carbons (Fsp3) is 0.429. The molecule has 0 atom stereocenters. The number of methoxy groups -OCH3 is 1. The molecule has 1 heterocycles. The first kappa shape index (κ1) is 11.1. The van der Waals surface area contributed by atoms with E-state index in [1.54, 1.807) is 0 Å². The third-order valence-electron chi connectivity index (χ3n) is 1.65. The lowest BCUT2D eigenvalue weighted by molar-refractivity contribution is -0.390. The number of ether oxygens (including phenoxy) is 1. The lowest BCUT2D eigenvalue weighted by Crippen LogP contribution is -2.03. The molecule has 0 amide bonds. The molecule has 82 valence electrons. The van der Waals surface area contributed by atoms with Crippen LogP contribution in [0.4, 0.5) is 5.82 Å². The Morgan fingerprint density at radius 1 is 1.80 bits per heavy atom. The summed E-state index contributed by atoms with van der Waals surface area (Å²) < 4.78 is 5.47. The average molecular weight is 215 g/mol. The van der Waals surface area contributed by atoms with Crippen LogP contribution in [0, 0.1) is 10.1 Å². The third-order valence-corrected chi connectivity index (χ3v) is 1.65. The second-order valence-corrected chi connectivity index (χ2v) is 2.60. The van der Waals surface area contributed by atoms with Crippen molar-refractivity contribution in [3.05, 3.63) is 21.9 Å². The number of carbonyl (C=O) groups is 1. The number of nitro groups is 1. The van der Waals surface area contributed by atoms with Crippen molar-refractivity contribution in [3.63, 3.8) is 0 Å². The van der Waals surface area contributed by atoms with Crippen molar-refractivity contribution in [2.75, 3.05) is 13.7 Å². The van der Waals surface area contributed by atoms with Gasteiger partial charge in [-0.25, -0.2) is 4.79 Å². The first-order valence-corrected chi connectivity index (χ1v) is 4.01. The van der Waals surface area contributed by atoms with E-state index in [9.17, 15) is 14.9 Å². The van der Waals surface area contributed by atoms with Gasteiger partial charge in [-0.2, -0.15) is 4.68 Å². The summed E-state index contributed by atoms with van der Waals surface area (Å²) in [6.07, 6.45) is 1.17. The van der Waals surface area contributed by atoms with Crippen LogP contribution in [-0.4, -0.2) is 39.5 Å². The van der Waals surface area contributed by atoms with Crippen LogP contribution in [0.3, 0.4) is 0 Å². The van der Waals surface area contributed by atoms with Gasteiger partial charge in [-0.15, -0.1) is 0 Å². The second-order valence-electron chi connectivity index (χ2n) is 2.60. The van der Waals surface area contributed by atoms with Crippen LogP contribution in [0.15, 0.2) is 6.20 Å². The number of aliphatic hydroxyl groups is 1. The highest BCUT2D eigenvalue weighted by molar-refractivity contribution is 5.92. The molecular formula is C7H9N3O5. The van der Waals surface area contributed by atoms with Gasteiger partial charge in [0.05, 0.1) is 31.6 Å². The predicted molar refractivity (Wildman–Crippen MR) is 47.3 cm³/mol. The molecule has 1 N–H and O–H groups in total. The molecule has 0 saturated heterocycles. The molecule has 0 aliphatic rings. The normalized spacial score (nSPS) is 10.0. The fourth-order valence-electron chi connectivity index (χ4n) is 1.02. The number of carbonyl (C=O) groups excluding carboxylic acids is 1. The Balaban J connectivity index is 3.11. The lowest BCUT2D eigenvalue weighted by atomic mass is 10.3. The van der Waals surface area contributed by atoms with E-state index >= 15 is 0 Å². The number of hydrogen-bond donors (Lipinski definition) is 1. The fourth-order valence-corrected chi connectivity index (χ4v) is 1.02. The Morgan fingerprint density at radius 2 is 2.47 bits per heavy atom. The monoisotopic (exact) mass is 215 g/mol. The highest BCUT2D eigenvalue weighted by Gasteiger charge is 2.26. The zero-order chi connectivity index (χ0) is 11.4. The smallest absolute Gasteiger partial charge is 0.404 e. The molecule has 1 rings (SSSR count). The Bertz CT molecular complexity index is 386. The standard InChI is InChI=1S/C7H9N3O5/c1-15-7(12)5-4-9(2-3-11)8-6(5)10(13)14/h4,11H,2-3H2,1H3. The van der Waals surface area contributed by atoms with Crippen molar-refractivity contribution in [1.29, 1.82) is 0 Å². The van der Waals surface area contributed by atoms with E-state index in [0.717, 1.165) is 11.8 Å². The highest BCUT2D eigenvalue weighted by atomic mass is 16.6. The molecule has 1 aromatic heterocycles. The second kappa shape index (κ2) is 4.51. The maximum atomic E-state index is 11.1. The van der Waals surface area contributed by atoms with Crippen molar-refractivity contribution in [3.8, 4) is 0 Å². The Labute approximate surface area is 84.2 Å². The number of esters is 1. The summed E-state index contributed by atoms with van der Waals surface area (Å²) in [5.74, 6) is -1.40. The molecule has 0 aliphatic heterocycles. The van der Waals surface area contributed by atoms with E-state index in [0.29, 0.717) is 0 Å². The van der Waals surface area contributed by atoms with Gasteiger partial charge in [-0.1, -0.05) is 0 Å². The van der Waals surface area contributed by atoms with Crippen LogP contribution in [0.25, 0.3) is 0 Å². The minimum absolute atomic E-state index is 0.0812. The van der Waals surface area contributed by atoms with Gasteiger partial charge in [0.15, 0.2) is 5.56 Å². The summed E-state index contributed by atoms with van der Waals surface area (Å²) >= 11 is 0. The number of aromatic nitrogens is 2. The van der Waals surface area contributed by atoms with Gasteiger partial charge in [-0.3, -0.25) is 0 Å². The zero-order valence-electron chi connectivity index (χ0n) is 7.91. The minimum Gasteiger partial charge on any atom is -0.465 e. The molecule has 8 nitrogen and oxygen atoms in total. The van der Waals surface area contributed by atoms with Crippen LogP contribution in [0.2, 0.25) is 0 Å². The summed E-state index contributed by atoms with van der Waals surface area (Å²) in [4.78, 5) is 20.9. The van der Waals surface area contributed by atoms with Crippen molar-refractivity contribution in [1.82, 2.24) is 9.78 Å². The first-order valence-electron chi connectivity index (χ1n) is 4.01. The van der Waals surface area contributed by atoms with Crippen molar-refractivity contribution in [2.45, 2.75) is 6.54 Å². The first-order chi connectivity index (χ1) is 7.10. The maximum Gasteiger partial charge on any atom is 0.404 e. The number of hydrogen-bond acceptors (Lipinski definition) is 6. The largest absolute Gasteiger partial charge is 0.465 e. The van der Waals surface area contributed by atoms with E-state index < -0.39 is 16.7 Å². The molecular weight excluding hydrogens is 206 g/mol. The van der Waals surface area contributed by atoms with Crippen molar-refractivity contribution in [2.24, 2.45) is 0 Å². The molecule has 0 aliphatic carbocycles. The van der Waals surface area contributed by atoms with Crippen LogP contribution in [0.5, 0.6) is 0 Å². The highest BCUT2D eigenvalue weighted by Crippen LogP contribution is 2.16. The van der Waals surface area contributed by atoms with E-state index in [2.05, 4.69) is 9.84 Å². The van der Waals surface area contributed by atoms with Crippen LogP contribution < -0.4 is 0 Å².